The smallest absolute Gasteiger partial charge is 0.129 e. The van der Waals surface area contributed by atoms with Gasteiger partial charge >= 0.3 is 0 Å². The summed E-state index contributed by atoms with van der Waals surface area (Å²) in [6.45, 7) is 13.0. The van der Waals surface area contributed by atoms with Crippen LogP contribution in [0, 0.1) is 6.92 Å². The van der Waals surface area contributed by atoms with E-state index in [0.29, 0.717) is 13.0 Å². The van der Waals surface area contributed by atoms with Crippen LogP contribution in [-0.4, -0.2) is 12.1 Å². The predicted octanol–water partition coefficient (Wildman–Crippen LogP) is 8.24. The zero-order valence-corrected chi connectivity index (χ0v) is 20.8. The van der Waals surface area contributed by atoms with E-state index < -0.39 is 0 Å². The largest absolute Gasteiger partial charge is 0.496 e. The van der Waals surface area contributed by atoms with Gasteiger partial charge in [-0.3, -0.25) is 4.98 Å². The average molecular weight is 464 g/mol. The molecular formula is C32H33NO2. The van der Waals surface area contributed by atoms with Crippen molar-refractivity contribution in [2.24, 2.45) is 0 Å². The summed E-state index contributed by atoms with van der Waals surface area (Å²) in [6, 6.07) is 16.1. The van der Waals surface area contributed by atoms with Crippen molar-refractivity contribution in [3.8, 4) is 11.5 Å². The van der Waals surface area contributed by atoms with Crippen molar-refractivity contribution >= 4 is 18.2 Å². The van der Waals surface area contributed by atoms with Crippen LogP contribution in [0.1, 0.15) is 41.2 Å². The normalized spacial score (nSPS) is 11.4. The van der Waals surface area contributed by atoms with Gasteiger partial charge in [0, 0.05) is 24.0 Å². The first-order chi connectivity index (χ1) is 17.0. The molecule has 3 aromatic rings. The highest BCUT2D eigenvalue weighted by atomic mass is 16.5. The van der Waals surface area contributed by atoms with Crippen molar-refractivity contribution in [3.63, 3.8) is 0 Å². The Bertz CT molecular complexity index is 1250. The number of benzene rings is 2. The Morgan fingerprint density at radius 1 is 0.886 bits per heavy atom. The summed E-state index contributed by atoms with van der Waals surface area (Å²) in [5.41, 5.74) is 7.66. The molecular weight excluding hydrogens is 430 g/mol. The molecule has 35 heavy (non-hydrogen) atoms. The van der Waals surface area contributed by atoms with E-state index in [1.807, 2.05) is 49.4 Å². The van der Waals surface area contributed by atoms with Gasteiger partial charge in [-0.05, 0) is 66.8 Å². The van der Waals surface area contributed by atoms with Crippen molar-refractivity contribution in [3.05, 3.63) is 131 Å². The molecule has 1 aromatic heterocycles. The lowest BCUT2D eigenvalue weighted by atomic mass is 10.0. The van der Waals surface area contributed by atoms with Gasteiger partial charge in [0.15, 0.2) is 0 Å². The van der Waals surface area contributed by atoms with Gasteiger partial charge in [0.05, 0.1) is 7.11 Å². The fraction of sp³-hybridized carbons (Fsp3) is 0.156. The summed E-state index contributed by atoms with van der Waals surface area (Å²) in [7, 11) is 1.66. The Morgan fingerprint density at radius 2 is 1.60 bits per heavy atom. The second-order valence-electron chi connectivity index (χ2n) is 8.32. The highest BCUT2D eigenvalue weighted by Crippen LogP contribution is 2.27. The highest BCUT2D eigenvalue weighted by molar-refractivity contribution is 5.62. The van der Waals surface area contributed by atoms with Crippen molar-refractivity contribution in [1.82, 2.24) is 4.98 Å². The van der Waals surface area contributed by atoms with Crippen molar-refractivity contribution in [1.29, 1.82) is 0 Å². The molecule has 1 heterocycles. The van der Waals surface area contributed by atoms with E-state index in [4.69, 9.17) is 9.47 Å². The number of hydrogen-bond donors (Lipinski definition) is 0. The van der Waals surface area contributed by atoms with Crippen LogP contribution < -0.4 is 9.47 Å². The number of nitrogens with zero attached hydrogens (tertiary/aromatic N) is 1. The van der Waals surface area contributed by atoms with Crippen molar-refractivity contribution in [2.75, 3.05) is 7.11 Å². The lowest BCUT2D eigenvalue weighted by molar-refractivity contribution is 0.303. The molecule has 0 saturated heterocycles. The second kappa shape index (κ2) is 13.0. The maximum absolute atomic E-state index is 5.89. The molecule has 0 aliphatic rings. The summed E-state index contributed by atoms with van der Waals surface area (Å²) < 4.78 is 11.5. The van der Waals surface area contributed by atoms with Gasteiger partial charge in [-0.25, -0.2) is 0 Å². The lowest BCUT2D eigenvalue weighted by Crippen LogP contribution is -1.96. The zero-order valence-electron chi connectivity index (χ0n) is 20.8. The van der Waals surface area contributed by atoms with Crippen LogP contribution in [0.4, 0.5) is 0 Å². The minimum absolute atomic E-state index is 0.479. The van der Waals surface area contributed by atoms with Crippen molar-refractivity contribution < 1.29 is 9.47 Å². The predicted molar refractivity (Wildman–Crippen MR) is 148 cm³/mol. The Kier molecular flexibility index (Phi) is 9.44. The molecule has 0 saturated carbocycles. The molecule has 3 rings (SSSR count). The number of rotatable bonds is 11. The first kappa shape index (κ1) is 25.5. The molecule has 0 spiro atoms. The molecule has 0 N–H and O–H groups in total. The van der Waals surface area contributed by atoms with Crippen molar-refractivity contribution in [2.45, 2.75) is 26.9 Å². The van der Waals surface area contributed by atoms with E-state index in [1.54, 1.807) is 19.5 Å². The molecule has 2 aromatic carbocycles. The summed E-state index contributed by atoms with van der Waals surface area (Å²) in [5.74, 6) is 1.50. The second-order valence-corrected chi connectivity index (χ2v) is 8.32. The molecule has 0 aliphatic heterocycles. The van der Waals surface area contributed by atoms with Crippen LogP contribution in [0.2, 0.25) is 0 Å². The third kappa shape index (κ3) is 8.01. The average Bonchev–Trinajstić information content (AvgIpc) is 2.87. The summed E-state index contributed by atoms with van der Waals surface area (Å²) in [6.07, 6.45) is 16.5. The Labute approximate surface area is 209 Å². The van der Waals surface area contributed by atoms with Crippen LogP contribution in [0.5, 0.6) is 11.5 Å². The summed E-state index contributed by atoms with van der Waals surface area (Å²) >= 11 is 0. The molecule has 0 bridgehead atoms. The molecule has 3 heteroatoms. The fourth-order valence-corrected chi connectivity index (χ4v) is 3.56. The Balaban J connectivity index is 1.56. The minimum atomic E-state index is 0.479. The van der Waals surface area contributed by atoms with Crippen LogP contribution in [0.3, 0.4) is 0 Å². The van der Waals surface area contributed by atoms with Crippen LogP contribution in [0.25, 0.3) is 18.2 Å². The van der Waals surface area contributed by atoms with Gasteiger partial charge in [-0.15, -0.1) is 0 Å². The van der Waals surface area contributed by atoms with Crippen LogP contribution in [0.15, 0.2) is 103 Å². The third-order valence-electron chi connectivity index (χ3n) is 5.46. The Hall–Kier alpha value is -4.11. The molecule has 0 radical (unpaired) electrons. The van der Waals surface area contributed by atoms with Crippen LogP contribution >= 0.6 is 0 Å². The number of hydrogen-bond acceptors (Lipinski definition) is 3. The van der Waals surface area contributed by atoms with E-state index in [0.717, 1.165) is 39.3 Å². The number of aryl methyl sites for hydroxylation is 1. The number of allylic oxidation sites excluding steroid dienone is 5. The van der Waals surface area contributed by atoms with Crippen LogP contribution in [-0.2, 0) is 6.61 Å². The Morgan fingerprint density at radius 3 is 2.29 bits per heavy atom. The maximum Gasteiger partial charge on any atom is 0.129 e. The van der Waals surface area contributed by atoms with E-state index in [-0.39, 0.29) is 0 Å². The highest BCUT2D eigenvalue weighted by Gasteiger charge is 2.04. The molecule has 0 unspecified atom stereocenters. The van der Waals surface area contributed by atoms with E-state index in [9.17, 15) is 0 Å². The quantitative estimate of drug-likeness (QED) is 0.268. The number of aromatic nitrogens is 1. The maximum atomic E-state index is 5.89. The first-order valence-corrected chi connectivity index (χ1v) is 11.6. The number of methoxy groups -OCH3 is 1. The van der Waals surface area contributed by atoms with Gasteiger partial charge in [0.2, 0.25) is 0 Å². The van der Waals surface area contributed by atoms with E-state index in [2.05, 4.69) is 67.6 Å². The monoisotopic (exact) mass is 463 g/mol. The summed E-state index contributed by atoms with van der Waals surface area (Å²) in [4.78, 5) is 4.03. The molecule has 178 valence electrons. The molecule has 0 atom stereocenters. The van der Waals surface area contributed by atoms with E-state index in [1.165, 1.54) is 11.1 Å². The number of ether oxygens (including phenoxy) is 2. The van der Waals surface area contributed by atoms with Gasteiger partial charge in [-0.2, -0.15) is 0 Å². The standard InChI is InChI=1S/C32H33NO2/c1-6-7-29-13-11-27(21-26(29)4)10-8-24(2)20-25(3)9-12-30-14-15-31(22-32(30)34-5)35-23-28-16-18-33-19-17-28/h6-19,21-22H,2-3,20,23H2,1,4-5H3/b7-6-,10-8+,12-9+. The van der Waals surface area contributed by atoms with Gasteiger partial charge in [0.1, 0.15) is 18.1 Å². The van der Waals surface area contributed by atoms with E-state index >= 15 is 0 Å². The zero-order chi connectivity index (χ0) is 25.0. The molecule has 3 nitrogen and oxygen atoms in total. The fourth-order valence-electron chi connectivity index (χ4n) is 3.56. The third-order valence-corrected chi connectivity index (χ3v) is 5.46. The molecule has 0 aliphatic carbocycles. The SMILES string of the molecule is C=C(/C=C/c1ccc(/C=C\C)c(C)c1)CC(=C)/C=C/c1ccc(OCc2ccncc2)cc1OC. The topological polar surface area (TPSA) is 31.4 Å². The first-order valence-electron chi connectivity index (χ1n) is 11.6. The molecule has 0 fully saturated rings. The van der Waals surface area contributed by atoms with Gasteiger partial charge < -0.3 is 9.47 Å². The summed E-state index contributed by atoms with van der Waals surface area (Å²) in [5, 5.41) is 0. The lowest BCUT2D eigenvalue weighted by Gasteiger charge is -2.10. The van der Waals surface area contributed by atoms with Gasteiger partial charge in [0.25, 0.3) is 0 Å². The number of pyridine rings is 1. The molecule has 0 amide bonds. The van der Waals surface area contributed by atoms with Gasteiger partial charge in [-0.1, -0.05) is 79.0 Å². The minimum Gasteiger partial charge on any atom is -0.496 e.